The van der Waals surface area contributed by atoms with Gasteiger partial charge in [0.05, 0.1) is 0 Å². The van der Waals surface area contributed by atoms with Gasteiger partial charge in [-0.2, -0.15) is 0 Å². The van der Waals surface area contributed by atoms with E-state index in [9.17, 15) is 4.79 Å². The van der Waals surface area contributed by atoms with E-state index in [2.05, 4.69) is 36.1 Å². The van der Waals surface area contributed by atoms with Crippen molar-refractivity contribution < 1.29 is 9.53 Å². The molecule has 0 aliphatic carbocycles. The van der Waals surface area contributed by atoms with Crippen LogP contribution in [0.4, 0.5) is 5.69 Å². The first-order chi connectivity index (χ1) is 11.6. The Hall–Kier alpha value is -2.49. The lowest BCUT2D eigenvalue weighted by Crippen LogP contribution is -2.50. The van der Waals surface area contributed by atoms with Gasteiger partial charge in [-0.3, -0.25) is 4.79 Å². The zero-order valence-corrected chi connectivity index (χ0v) is 14.4. The summed E-state index contributed by atoms with van der Waals surface area (Å²) in [4.78, 5) is 16.6. The number of amides is 1. The molecule has 0 N–H and O–H groups in total. The predicted octanol–water partition coefficient (Wildman–Crippen LogP) is 3.03. The van der Waals surface area contributed by atoms with Crippen LogP contribution in [0.3, 0.4) is 0 Å². The Labute approximate surface area is 143 Å². The van der Waals surface area contributed by atoms with Crippen molar-refractivity contribution in [2.75, 3.05) is 37.7 Å². The van der Waals surface area contributed by atoms with Crippen LogP contribution < -0.4 is 9.64 Å². The molecule has 0 spiro atoms. The van der Waals surface area contributed by atoms with Gasteiger partial charge in [0.1, 0.15) is 5.75 Å². The van der Waals surface area contributed by atoms with Crippen LogP contribution in [-0.2, 0) is 4.79 Å². The van der Waals surface area contributed by atoms with E-state index in [0.717, 1.165) is 37.5 Å². The molecule has 1 saturated heterocycles. The number of hydrogen-bond donors (Lipinski definition) is 0. The van der Waals surface area contributed by atoms with Crippen LogP contribution in [0.25, 0.3) is 0 Å². The molecule has 3 rings (SSSR count). The van der Waals surface area contributed by atoms with Gasteiger partial charge in [-0.1, -0.05) is 30.3 Å². The van der Waals surface area contributed by atoms with Crippen molar-refractivity contribution in [2.24, 2.45) is 0 Å². The van der Waals surface area contributed by atoms with Crippen LogP contribution in [0.2, 0.25) is 0 Å². The lowest BCUT2D eigenvalue weighted by Gasteiger charge is -2.36. The van der Waals surface area contributed by atoms with Gasteiger partial charge in [-0.25, -0.2) is 0 Å². The second-order valence-corrected chi connectivity index (χ2v) is 6.26. The number of nitrogens with zero attached hydrogens (tertiary/aromatic N) is 2. The van der Waals surface area contributed by atoms with E-state index in [1.165, 1.54) is 11.3 Å². The summed E-state index contributed by atoms with van der Waals surface area (Å²) in [5.74, 6) is 0.808. The predicted molar refractivity (Wildman–Crippen MR) is 96.6 cm³/mol. The smallest absolute Gasteiger partial charge is 0.260 e. The minimum Gasteiger partial charge on any atom is -0.484 e. The average Bonchev–Trinajstić information content (AvgIpc) is 2.60. The van der Waals surface area contributed by atoms with Gasteiger partial charge in [-0.05, 0) is 43.2 Å². The second-order valence-electron chi connectivity index (χ2n) is 6.26. The maximum absolute atomic E-state index is 12.3. The molecule has 1 heterocycles. The summed E-state index contributed by atoms with van der Waals surface area (Å²) in [6.45, 7) is 7.45. The molecular formula is C20H24N2O2. The van der Waals surface area contributed by atoms with Crippen molar-refractivity contribution in [3.8, 4) is 5.75 Å². The summed E-state index contributed by atoms with van der Waals surface area (Å²) >= 11 is 0. The van der Waals surface area contributed by atoms with Crippen LogP contribution >= 0.6 is 0 Å². The number of hydrogen-bond acceptors (Lipinski definition) is 3. The number of para-hydroxylation sites is 1. The standard InChI is InChI=1S/C20H24N2O2/c1-16-6-5-8-18(14-16)24-15-20(23)22-12-10-21(11-13-22)19-9-4-3-7-17(19)2/h3-9,14H,10-13,15H2,1-2H3. The van der Waals surface area contributed by atoms with Crippen molar-refractivity contribution in [3.63, 3.8) is 0 Å². The van der Waals surface area contributed by atoms with E-state index in [-0.39, 0.29) is 12.5 Å². The molecule has 4 heteroatoms. The van der Waals surface area contributed by atoms with Gasteiger partial charge < -0.3 is 14.5 Å². The molecule has 24 heavy (non-hydrogen) atoms. The van der Waals surface area contributed by atoms with Gasteiger partial charge in [0.25, 0.3) is 5.91 Å². The first kappa shape index (κ1) is 16.4. The van der Waals surface area contributed by atoms with Crippen molar-refractivity contribution in [2.45, 2.75) is 13.8 Å². The monoisotopic (exact) mass is 324 g/mol. The number of rotatable bonds is 4. The number of ether oxygens (including phenoxy) is 1. The molecular weight excluding hydrogens is 300 g/mol. The minimum absolute atomic E-state index is 0.0564. The molecule has 0 radical (unpaired) electrons. The minimum atomic E-state index is 0.0564. The summed E-state index contributed by atoms with van der Waals surface area (Å²) < 4.78 is 5.63. The Bertz CT molecular complexity index is 706. The Kier molecular flexibility index (Phi) is 5.04. The van der Waals surface area contributed by atoms with Crippen LogP contribution in [0.1, 0.15) is 11.1 Å². The summed E-state index contributed by atoms with van der Waals surface area (Å²) in [6.07, 6.45) is 0. The third-order valence-corrected chi connectivity index (χ3v) is 4.44. The highest BCUT2D eigenvalue weighted by molar-refractivity contribution is 5.78. The SMILES string of the molecule is Cc1cccc(OCC(=O)N2CCN(c3ccccc3C)CC2)c1. The van der Waals surface area contributed by atoms with Gasteiger partial charge in [0.15, 0.2) is 6.61 Å². The molecule has 2 aromatic carbocycles. The zero-order chi connectivity index (χ0) is 16.9. The molecule has 126 valence electrons. The van der Waals surface area contributed by atoms with Gasteiger partial charge >= 0.3 is 0 Å². The average molecular weight is 324 g/mol. The first-order valence-electron chi connectivity index (χ1n) is 8.41. The van der Waals surface area contributed by atoms with Crippen LogP contribution in [0.15, 0.2) is 48.5 Å². The number of aryl methyl sites for hydroxylation is 2. The van der Waals surface area contributed by atoms with E-state index < -0.39 is 0 Å². The maximum Gasteiger partial charge on any atom is 0.260 e. The summed E-state index contributed by atoms with van der Waals surface area (Å²) in [7, 11) is 0. The molecule has 0 bridgehead atoms. The van der Waals surface area contributed by atoms with Gasteiger partial charge in [0, 0.05) is 31.9 Å². The number of piperazine rings is 1. The first-order valence-corrected chi connectivity index (χ1v) is 8.41. The van der Waals surface area contributed by atoms with E-state index in [1.54, 1.807) is 0 Å². The Morgan fingerprint density at radius 1 is 1.00 bits per heavy atom. The van der Waals surface area contributed by atoms with E-state index in [1.807, 2.05) is 36.1 Å². The third kappa shape index (κ3) is 3.88. The van der Waals surface area contributed by atoms with Crippen LogP contribution in [0.5, 0.6) is 5.75 Å². The number of benzene rings is 2. The Balaban J connectivity index is 1.51. The molecule has 2 aromatic rings. The summed E-state index contributed by atoms with van der Waals surface area (Å²) in [5.41, 5.74) is 3.67. The van der Waals surface area contributed by atoms with Gasteiger partial charge in [-0.15, -0.1) is 0 Å². The fourth-order valence-corrected chi connectivity index (χ4v) is 3.06. The van der Waals surface area contributed by atoms with Crippen molar-refractivity contribution >= 4 is 11.6 Å². The van der Waals surface area contributed by atoms with Crippen LogP contribution in [-0.4, -0.2) is 43.6 Å². The van der Waals surface area contributed by atoms with E-state index in [0.29, 0.717) is 0 Å². The lowest BCUT2D eigenvalue weighted by atomic mass is 10.1. The highest BCUT2D eigenvalue weighted by Gasteiger charge is 2.22. The lowest BCUT2D eigenvalue weighted by molar-refractivity contribution is -0.133. The van der Waals surface area contributed by atoms with E-state index >= 15 is 0 Å². The zero-order valence-electron chi connectivity index (χ0n) is 14.4. The molecule has 1 aliphatic heterocycles. The number of carbonyl (C=O) groups is 1. The topological polar surface area (TPSA) is 32.8 Å². The molecule has 1 amide bonds. The van der Waals surface area contributed by atoms with Crippen molar-refractivity contribution in [1.82, 2.24) is 4.90 Å². The molecule has 1 aliphatic rings. The number of carbonyl (C=O) groups excluding carboxylic acids is 1. The van der Waals surface area contributed by atoms with Gasteiger partial charge in [0.2, 0.25) is 0 Å². The summed E-state index contributed by atoms with van der Waals surface area (Å²) in [6, 6.07) is 16.2. The molecule has 1 fully saturated rings. The van der Waals surface area contributed by atoms with Crippen LogP contribution in [0, 0.1) is 13.8 Å². The third-order valence-electron chi connectivity index (χ3n) is 4.44. The van der Waals surface area contributed by atoms with E-state index in [4.69, 9.17) is 4.74 Å². The van der Waals surface area contributed by atoms with Crippen molar-refractivity contribution in [1.29, 1.82) is 0 Å². The highest BCUT2D eigenvalue weighted by Crippen LogP contribution is 2.21. The molecule has 4 nitrogen and oxygen atoms in total. The molecule has 0 saturated carbocycles. The maximum atomic E-state index is 12.3. The largest absolute Gasteiger partial charge is 0.484 e. The fraction of sp³-hybridized carbons (Fsp3) is 0.350. The molecule has 0 aromatic heterocycles. The molecule has 0 unspecified atom stereocenters. The fourth-order valence-electron chi connectivity index (χ4n) is 3.06. The normalized spacial score (nSPS) is 14.6. The Morgan fingerprint density at radius 3 is 2.46 bits per heavy atom. The highest BCUT2D eigenvalue weighted by atomic mass is 16.5. The van der Waals surface area contributed by atoms with Crippen molar-refractivity contribution in [3.05, 3.63) is 59.7 Å². The Morgan fingerprint density at radius 2 is 1.75 bits per heavy atom. The number of anilines is 1. The quantitative estimate of drug-likeness (QED) is 0.867. The molecule has 0 atom stereocenters. The second kappa shape index (κ2) is 7.39. The summed E-state index contributed by atoms with van der Waals surface area (Å²) in [5, 5.41) is 0.